The molecule has 0 N–H and O–H groups in total. The number of piperidine rings is 4. The second-order valence-corrected chi connectivity index (χ2v) is 22.5. The molecule has 10 heteroatoms. The Morgan fingerprint density at radius 1 is 0.462 bits per heavy atom. The second-order valence-electron chi connectivity index (χ2n) is 22.5. The minimum atomic E-state index is 0.483. The Labute approximate surface area is 384 Å². The summed E-state index contributed by atoms with van der Waals surface area (Å²) in [5, 5.41) is 8.34. The first kappa shape index (κ1) is 41.0. The van der Waals surface area contributed by atoms with Gasteiger partial charge in [-0.2, -0.15) is 0 Å². The van der Waals surface area contributed by atoms with Crippen LogP contribution in [0.1, 0.15) is 159 Å². The zero-order valence-corrected chi connectivity index (χ0v) is 38.7. The molecule has 12 atom stereocenters. The Balaban J connectivity index is 0.000000130. The number of fused-ring (bicyclic) bond motifs is 10. The predicted octanol–water partition coefficient (Wildman–Crippen LogP) is 12.7. The smallest absolute Gasteiger partial charge is 0.202 e. The number of imidazole rings is 2. The molecule has 4 saturated carbocycles. The van der Waals surface area contributed by atoms with Crippen molar-refractivity contribution in [3.8, 4) is 23.1 Å². The Bertz CT molecular complexity index is 2540. The molecule has 2 aromatic carbocycles. The highest BCUT2D eigenvalue weighted by Crippen LogP contribution is 2.50. The van der Waals surface area contributed by atoms with E-state index in [1.165, 1.54) is 152 Å². The van der Waals surface area contributed by atoms with Gasteiger partial charge in [-0.05, 0) is 145 Å². The molecule has 0 amide bonds. The van der Waals surface area contributed by atoms with Gasteiger partial charge in [0.1, 0.15) is 11.5 Å². The van der Waals surface area contributed by atoms with Crippen LogP contribution < -0.4 is 0 Å². The molecule has 65 heavy (non-hydrogen) atoms. The van der Waals surface area contributed by atoms with Crippen molar-refractivity contribution >= 4 is 22.1 Å². The lowest BCUT2D eigenvalue weighted by molar-refractivity contribution is -0.0482. The fourth-order valence-electron chi connectivity index (χ4n) is 16.3. The van der Waals surface area contributed by atoms with Crippen LogP contribution in [0.2, 0.25) is 0 Å². The lowest BCUT2D eigenvalue weighted by atomic mass is 9.68. The average Bonchev–Trinajstić information content (AvgIpc) is 4.14. The summed E-state index contributed by atoms with van der Waals surface area (Å²) in [6.45, 7) is 1.96. The fraction of sp³-hybridized carbons (Fsp3) is 0.636. The van der Waals surface area contributed by atoms with E-state index >= 15 is 0 Å². The molecule has 4 saturated heterocycles. The van der Waals surface area contributed by atoms with Gasteiger partial charge in [0.15, 0.2) is 11.6 Å². The molecule has 4 aromatic heterocycles. The average molecular weight is 875 g/mol. The normalized spacial score (nSPS) is 34.9. The van der Waals surface area contributed by atoms with Gasteiger partial charge in [0, 0.05) is 60.5 Å². The maximum atomic E-state index is 5.59. The molecule has 6 aromatic rings. The molecule has 4 unspecified atom stereocenters. The van der Waals surface area contributed by atoms with E-state index in [-0.39, 0.29) is 0 Å². The molecule has 8 aliphatic rings. The molecular weight excluding hydrogens is 805 g/mol. The van der Waals surface area contributed by atoms with E-state index in [1.807, 2.05) is 19.1 Å². The summed E-state index contributed by atoms with van der Waals surface area (Å²) in [5.74, 6) is 7.57. The van der Waals surface area contributed by atoms with Gasteiger partial charge >= 0.3 is 0 Å². The summed E-state index contributed by atoms with van der Waals surface area (Å²) < 4.78 is 16.1. The van der Waals surface area contributed by atoms with Crippen LogP contribution in [0.3, 0.4) is 0 Å². The third-order valence-corrected chi connectivity index (χ3v) is 18.5. The second kappa shape index (κ2) is 17.1. The first-order chi connectivity index (χ1) is 32.1. The molecule has 10 nitrogen and oxygen atoms in total. The van der Waals surface area contributed by atoms with E-state index in [0.29, 0.717) is 12.1 Å². The van der Waals surface area contributed by atoms with Crippen LogP contribution in [0.15, 0.2) is 75.9 Å². The Hall–Kier alpha value is -4.28. The molecule has 8 fully saturated rings. The number of para-hydroxylation sites is 4. The molecule has 14 rings (SSSR count). The number of nitrogens with zero attached hydrogens (tertiary/aromatic N) is 8. The Morgan fingerprint density at radius 2 is 0.923 bits per heavy atom. The minimum Gasteiger partial charge on any atom is -0.361 e. The topological polar surface area (TPSA) is 94.2 Å². The van der Waals surface area contributed by atoms with Crippen molar-refractivity contribution in [1.29, 1.82) is 0 Å². The van der Waals surface area contributed by atoms with Gasteiger partial charge in [-0.1, -0.05) is 85.9 Å². The van der Waals surface area contributed by atoms with Crippen LogP contribution in [0.4, 0.5) is 0 Å². The van der Waals surface area contributed by atoms with E-state index in [9.17, 15) is 0 Å². The van der Waals surface area contributed by atoms with E-state index in [2.05, 4.69) is 77.8 Å². The maximum absolute atomic E-state index is 5.59. The van der Waals surface area contributed by atoms with Gasteiger partial charge in [-0.3, -0.25) is 9.80 Å². The summed E-state index contributed by atoms with van der Waals surface area (Å²) in [7, 11) is 0. The van der Waals surface area contributed by atoms with Crippen molar-refractivity contribution in [2.45, 2.75) is 197 Å². The highest BCUT2D eigenvalue weighted by atomic mass is 16.5. The van der Waals surface area contributed by atoms with Crippen LogP contribution in [-0.2, 0) is 0 Å². The molecule has 8 heterocycles. The number of hydrogen-bond donors (Lipinski definition) is 0. The van der Waals surface area contributed by atoms with Crippen LogP contribution in [-0.4, -0.2) is 75.5 Å². The number of aromatic nitrogens is 6. The maximum Gasteiger partial charge on any atom is 0.202 e. The Kier molecular flexibility index (Phi) is 10.8. The summed E-state index contributed by atoms with van der Waals surface area (Å²) in [5.41, 5.74) is 5.49. The van der Waals surface area contributed by atoms with E-state index in [1.54, 1.807) is 6.20 Å². The van der Waals surface area contributed by atoms with Gasteiger partial charge in [0.2, 0.25) is 5.76 Å². The summed E-state index contributed by atoms with van der Waals surface area (Å²) in [6, 6.07) is 26.7. The van der Waals surface area contributed by atoms with Crippen molar-refractivity contribution in [2.24, 2.45) is 23.7 Å². The van der Waals surface area contributed by atoms with E-state index in [0.717, 1.165) is 99.8 Å². The SMILES string of the molecule is Cc1cc(-c2nc3ccccc3n2C2C[C@H]3CCC[C@@H](C2)N3C2C[C@H]3CCC[C@@H](C2)C3)no1.c1ccc2c(c1)nc(-c1ccno1)n2C1C[C@H]2CCC[C@@H](C1)N2C1C[C@H]2CCC[C@@H](C1)C2. The van der Waals surface area contributed by atoms with Crippen molar-refractivity contribution in [3.63, 3.8) is 0 Å². The van der Waals surface area contributed by atoms with Crippen LogP contribution in [0, 0.1) is 30.6 Å². The zero-order chi connectivity index (χ0) is 43.0. The third-order valence-electron chi connectivity index (χ3n) is 18.5. The van der Waals surface area contributed by atoms with Gasteiger partial charge < -0.3 is 18.2 Å². The fourth-order valence-corrected chi connectivity index (χ4v) is 16.3. The number of benzene rings is 2. The van der Waals surface area contributed by atoms with Crippen molar-refractivity contribution < 1.29 is 9.05 Å². The molecule has 8 bridgehead atoms. The van der Waals surface area contributed by atoms with E-state index in [4.69, 9.17) is 19.0 Å². The van der Waals surface area contributed by atoms with Gasteiger partial charge in [-0.15, -0.1) is 0 Å². The highest BCUT2D eigenvalue weighted by Gasteiger charge is 2.47. The summed E-state index contributed by atoms with van der Waals surface area (Å²) in [6.07, 6.45) is 32.8. The van der Waals surface area contributed by atoms with Gasteiger partial charge in [0.25, 0.3) is 0 Å². The molecule has 342 valence electrons. The number of rotatable bonds is 6. The summed E-state index contributed by atoms with van der Waals surface area (Å²) in [4.78, 5) is 16.1. The quantitative estimate of drug-likeness (QED) is 0.163. The van der Waals surface area contributed by atoms with Gasteiger partial charge in [0.05, 0.1) is 28.3 Å². The van der Waals surface area contributed by atoms with Crippen molar-refractivity contribution in [2.75, 3.05) is 0 Å². The highest BCUT2D eigenvalue weighted by molar-refractivity contribution is 5.81. The first-order valence-corrected chi connectivity index (χ1v) is 26.4. The summed E-state index contributed by atoms with van der Waals surface area (Å²) >= 11 is 0. The molecule has 0 spiro atoms. The molecule has 4 aliphatic carbocycles. The molecule has 0 radical (unpaired) electrons. The zero-order valence-electron chi connectivity index (χ0n) is 38.7. The lowest BCUT2D eigenvalue weighted by Gasteiger charge is -2.55. The number of hydrogen-bond acceptors (Lipinski definition) is 8. The first-order valence-electron chi connectivity index (χ1n) is 26.4. The van der Waals surface area contributed by atoms with Crippen molar-refractivity contribution in [1.82, 2.24) is 39.2 Å². The van der Waals surface area contributed by atoms with Crippen LogP contribution in [0.25, 0.3) is 45.2 Å². The third kappa shape index (κ3) is 7.61. The standard InChI is InChI=1S/C28H36N4O.C27H34N4O/c1-18-12-26(30-33-18)28-29-25-10-2-3-11-27(25)32(28)24-16-21-8-5-9-22(17-24)31(21)23-14-19-6-4-7-20(13-19)15-23;1-2-10-25-24(9-1)29-27(26-11-12-28-32-26)31(25)23-16-20-7-4-8-21(17-23)30(20)22-14-18-5-3-6-19(13-18)15-22/h2-3,10-12,19-24H,4-9,13-17H2,1H3;1-2,9-12,18-23H,3-8,13-17H2/t19-,20+,21-,22+,23?,24?;18-,19+,20-,21+,22?,23?. The van der Waals surface area contributed by atoms with Crippen molar-refractivity contribution in [3.05, 3.63) is 72.6 Å². The predicted molar refractivity (Wildman–Crippen MR) is 255 cm³/mol. The largest absolute Gasteiger partial charge is 0.361 e. The molecular formula is C55H70N8O2. The monoisotopic (exact) mass is 875 g/mol. The van der Waals surface area contributed by atoms with Gasteiger partial charge in [-0.25, -0.2) is 9.97 Å². The van der Waals surface area contributed by atoms with Crippen LogP contribution >= 0.6 is 0 Å². The minimum absolute atomic E-state index is 0.483. The van der Waals surface area contributed by atoms with Crippen LogP contribution in [0.5, 0.6) is 0 Å². The lowest BCUT2D eigenvalue weighted by Crippen LogP contribution is -2.58. The molecule has 4 aliphatic heterocycles. The Morgan fingerprint density at radius 3 is 1.38 bits per heavy atom. The van der Waals surface area contributed by atoms with E-state index < -0.39 is 0 Å². The number of aryl methyl sites for hydroxylation is 1.